The summed E-state index contributed by atoms with van der Waals surface area (Å²) >= 11 is 8.59. The van der Waals surface area contributed by atoms with Gasteiger partial charge in [0, 0.05) is 11.6 Å². The van der Waals surface area contributed by atoms with Crippen LogP contribution in [0.25, 0.3) is 6.08 Å². The van der Waals surface area contributed by atoms with Gasteiger partial charge in [0.1, 0.15) is 5.01 Å². The highest BCUT2D eigenvalue weighted by Crippen LogP contribution is 2.34. The van der Waals surface area contributed by atoms with Crippen molar-refractivity contribution in [1.82, 2.24) is 15.1 Å². The van der Waals surface area contributed by atoms with Crippen LogP contribution in [0.4, 0.5) is 5.13 Å². The van der Waals surface area contributed by atoms with E-state index in [4.69, 9.17) is 11.6 Å². The molecule has 0 saturated carbocycles. The van der Waals surface area contributed by atoms with Crippen molar-refractivity contribution in [2.75, 3.05) is 6.54 Å². The van der Waals surface area contributed by atoms with E-state index < -0.39 is 0 Å². The Morgan fingerprint density at radius 1 is 1.33 bits per heavy atom. The summed E-state index contributed by atoms with van der Waals surface area (Å²) in [6, 6.07) is 7.31. The summed E-state index contributed by atoms with van der Waals surface area (Å²) in [4.78, 5) is 19.3. The van der Waals surface area contributed by atoms with E-state index in [-0.39, 0.29) is 5.91 Å². The van der Waals surface area contributed by atoms with Crippen LogP contribution in [0.15, 0.2) is 46.8 Å². The Balaban J connectivity index is 1.93. The highest BCUT2D eigenvalue weighted by atomic mass is 35.5. The predicted molar refractivity (Wildman–Crippen MR) is 101 cm³/mol. The maximum atomic E-state index is 12.6. The summed E-state index contributed by atoms with van der Waals surface area (Å²) in [5.41, 5.74) is 0.904. The highest BCUT2D eigenvalue weighted by Gasteiger charge is 2.32. The van der Waals surface area contributed by atoms with Gasteiger partial charge in [-0.2, -0.15) is 4.99 Å². The van der Waals surface area contributed by atoms with Crippen LogP contribution in [0.5, 0.6) is 0 Å². The number of nitrogens with zero attached hydrogens (tertiary/aromatic N) is 4. The molecular formula is C16H13ClN4OS2. The molecule has 3 rings (SSSR count). The van der Waals surface area contributed by atoms with Gasteiger partial charge in [0.05, 0.1) is 4.91 Å². The third kappa shape index (κ3) is 3.75. The molecule has 1 aromatic carbocycles. The van der Waals surface area contributed by atoms with E-state index in [1.807, 2.05) is 25.1 Å². The van der Waals surface area contributed by atoms with Crippen molar-refractivity contribution >= 4 is 57.0 Å². The van der Waals surface area contributed by atoms with Gasteiger partial charge in [-0.25, -0.2) is 0 Å². The summed E-state index contributed by atoms with van der Waals surface area (Å²) in [5.74, 6) is -0.102. The number of amidine groups is 1. The fraction of sp³-hybridized carbons (Fsp3) is 0.125. The third-order valence-corrected chi connectivity index (χ3v) is 5.07. The molecule has 1 aromatic heterocycles. The molecule has 5 nitrogen and oxygen atoms in total. The van der Waals surface area contributed by atoms with Crippen LogP contribution >= 0.6 is 34.7 Å². The third-order valence-electron chi connectivity index (χ3n) is 3.07. The van der Waals surface area contributed by atoms with Crippen molar-refractivity contribution in [3.8, 4) is 0 Å². The second kappa shape index (κ2) is 7.29. The minimum atomic E-state index is -0.102. The molecule has 24 heavy (non-hydrogen) atoms. The highest BCUT2D eigenvalue weighted by molar-refractivity contribution is 8.18. The van der Waals surface area contributed by atoms with Crippen molar-refractivity contribution in [3.05, 3.63) is 57.4 Å². The summed E-state index contributed by atoms with van der Waals surface area (Å²) in [6.07, 6.45) is 3.50. The zero-order chi connectivity index (χ0) is 17.1. The summed E-state index contributed by atoms with van der Waals surface area (Å²) in [6.45, 7) is 5.96. The first-order valence-corrected chi connectivity index (χ1v) is 9.04. The van der Waals surface area contributed by atoms with E-state index in [1.54, 1.807) is 23.1 Å². The quantitative estimate of drug-likeness (QED) is 0.590. The molecule has 2 heterocycles. The Morgan fingerprint density at radius 3 is 2.71 bits per heavy atom. The molecule has 0 radical (unpaired) electrons. The largest absolute Gasteiger partial charge is 0.282 e. The number of halogens is 1. The molecule has 1 fully saturated rings. The fourth-order valence-corrected chi connectivity index (χ4v) is 3.74. The average molecular weight is 377 g/mol. The first kappa shape index (κ1) is 16.9. The Hall–Kier alpha value is -1.96. The predicted octanol–water partition coefficient (Wildman–Crippen LogP) is 4.29. The number of aryl methyl sites for hydroxylation is 1. The summed E-state index contributed by atoms with van der Waals surface area (Å²) in [7, 11) is 0. The Kier molecular flexibility index (Phi) is 5.13. The lowest BCUT2D eigenvalue weighted by molar-refractivity contribution is -0.121. The first-order valence-electron chi connectivity index (χ1n) is 7.03. The number of benzene rings is 1. The Bertz CT molecular complexity index is 842. The van der Waals surface area contributed by atoms with Crippen LogP contribution < -0.4 is 0 Å². The van der Waals surface area contributed by atoms with Crippen molar-refractivity contribution < 1.29 is 4.79 Å². The van der Waals surface area contributed by atoms with Gasteiger partial charge < -0.3 is 0 Å². The number of aliphatic imine (C=N–C) groups is 1. The lowest BCUT2D eigenvalue weighted by Crippen LogP contribution is -2.29. The van der Waals surface area contributed by atoms with E-state index in [0.29, 0.717) is 26.8 Å². The van der Waals surface area contributed by atoms with Gasteiger partial charge in [0.15, 0.2) is 5.17 Å². The van der Waals surface area contributed by atoms with Crippen molar-refractivity contribution in [1.29, 1.82) is 0 Å². The van der Waals surface area contributed by atoms with E-state index in [9.17, 15) is 4.79 Å². The van der Waals surface area contributed by atoms with Crippen molar-refractivity contribution in [2.45, 2.75) is 6.92 Å². The summed E-state index contributed by atoms with van der Waals surface area (Å²) < 4.78 is 0. The standard InChI is InChI=1S/C16H13ClN4OS2/c1-3-8-21-14(22)13(9-11-4-6-12(17)7-5-11)24-16(21)18-15-20-19-10(2)23-15/h3-7,9H,1,8H2,2H3/b13-9+,18-16?. The van der Waals surface area contributed by atoms with Crippen LogP contribution in [-0.4, -0.2) is 32.7 Å². The first-order chi connectivity index (χ1) is 11.6. The van der Waals surface area contributed by atoms with E-state index >= 15 is 0 Å². The SMILES string of the molecule is C=CCN1C(=O)/C(=C\c2ccc(Cl)cc2)SC1=Nc1nnc(C)s1. The second-order valence-electron chi connectivity index (χ2n) is 4.86. The van der Waals surface area contributed by atoms with E-state index in [1.165, 1.54) is 23.1 Å². The average Bonchev–Trinajstić information content (AvgIpc) is 3.09. The van der Waals surface area contributed by atoms with E-state index in [2.05, 4.69) is 21.8 Å². The molecule has 1 aliphatic rings. The minimum Gasteiger partial charge on any atom is -0.282 e. The second-order valence-corrected chi connectivity index (χ2v) is 7.47. The fourth-order valence-electron chi connectivity index (χ4n) is 2.00. The van der Waals surface area contributed by atoms with Gasteiger partial charge in [0.2, 0.25) is 5.13 Å². The number of amides is 1. The molecule has 8 heteroatoms. The normalized spacial score (nSPS) is 17.9. The molecule has 1 aliphatic heterocycles. The number of rotatable bonds is 4. The maximum Gasteiger partial charge on any atom is 0.267 e. The molecule has 0 spiro atoms. The topological polar surface area (TPSA) is 58.5 Å². The smallest absolute Gasteiger partial charge is 0.267 e. The van der Waals surface area contributed by atoms with Crippen LogP contribution in [0.3, 0.4) is 0 Å². The molecule has 122 valence electrons. The lowest BCUT2D eigenvalue weighted by atomic mass is 10.2. The number of carbonyl (C=O) groups excluding carboxylic acids is 1. The molecule has 0 bridgehead atoms. The molecule has 0 atom stereocenters. The molecule has 0 unspecified atom stereocenters. The molecule has 2 aromatic rings. The summed E-state index contributed by atoms with van der Waals surface area (Å²) in [5, 5.41) is 10.5. The van der Waals surface area contributed by atoms with Crippen molar-refractivity contribution in [3.63, 3.8) is 0 Å². The van der Waals surface area contributed by atoms with Gasteiger partial charge in [-0.3, -0.25) is 9.69 Å². The van der Waals surface area contributed by atoms with Gasteiger partial charge >= 0.3 is 0 Å². The zero-order valence-corrected chi connectivity index (χ0v) is 15.2. The zero-order valence-electron chi connectivity index (χ0n) is 12.8. The molecule has 1 amide bonds. The Labute approximate surface area is 152 Å². The monoisotopic (exact) mass is 376 g/mol. The van der Waals surface area contributed by atoms with Gasteiger partial charge in [-0.1, -0.05) is 41.1 Å². The molecule has 0 aliphatic carbocycles. The Morgan fingerprint density at radius 2 is 2.08 bits per heavy atom. The number of carbonyl (C=O) groups is 1. The van der Waals surface area contributed by atoms with Gasteiger partial charge in [-0.15, -0.1) is 16.8 Å². The number of hydrogen-bond acceptors (Lipinski definition) is 6. The van der Waals surface area contributed by atoms with Crippen molar-refractivity contribution in [2.24, 2.45) is 4.99 Å². The number of thioether (sulfide) groups is 1. The number of aromatic nitrogens is 2. The van der Waals surface area contributed by atoms with Gasteiger partial charge in [0.25, 0.3) is 5.91 Å². The lowest BCUT2D eigenvalue weighted by Gasteiger charge is -2.11. The van der Waals surface area contributed by atoms with Crippen LogP contribution in [0, 0.1) is 6.92 Å². The minimum absolute atomic E-state index is 0.102. The van der Waals surface area contributed by atoms with Crippen LogP contribution in [0.1, 0.15) is 10.6 Å². The van der Waals surface area contributed by atoms with Gasteiger partial charge in [-0.05, 0) is 42.5 Å². The molecular weight excluding hydrogens is 364 g/mol. The van der Waals surface area contributed by atoms with E-state index in [0.717, 1.165) is 10.6 Å². The maximum absolute atomic E-state index is 12.6. The molecule has 0 N–H and O–H groups in total. The van der Waals surface area contributed by atoms with Crippen LogP contribution in [0.2, 0.25) is 5.02 Å². The number of hydrogen-bond donors (Lipinski definition) is 0. The molecule has 1 saturated heterocycles. The van der Waals surface area contributed by atoms with Crippen LogP contribution in [-0.2, 0) is 4.79 Å².